The predicted octanol–water partition coefficient (Wildman–Crippen LogP) is 7.56. The molecule has 0 radical (unpaired) electrons. The number of ketones is 1. The molecule has 5 rings (SSSR count). The summed E-state index contributed by atoms with van der Waals surface area (Å²) in [6, 6.07) is 9.40. The Morgan fingerprint density at radius 3 is 2.45 bits per heavy atom. The number of aliphatic hydroxyl groups is 1. The molecule has 1 aromatic carbocycles. The molecule has 0 amide bonds. The fourth-order valence-corrected chi connectivity index (χ4v) is 7.93. The van der Waals surface area contributed by atoms with Crippen LogP contribution in [0, 0.1) is 40.4 Å². The van der Waals surface area contributed by atoms with Gasteiger partial charge in [-0.3, -0.25) is 4.79 Å². The van der Waals surface area contributed by atoms with Crippen molar-refractivity contribution in [2.45, 2.75) is 94.7 Å². The van der Waals surface area contributed by atoms with Gasteiger partial charge in [-0.1, -0.05) is 36.5 Å². The SMILES string of the molecule is CC12C[C@H](c3ccc(C#CCCCC#N)cc3)C3=C4CCC(=O)C=C4CCC3C1CCC2(O)C(F)(F)C(F)(F)F. The second-order valence-electron chi connectivity index (χ2n) is 11.9. The topological polar surface area (TPSA) is 61.1 Å². The highest BCUT2D eigenvalue weighted by Gasteiger charge is 2.79. The van der Waals surface area contributed by atoms with E-state index in [2.05, 4.69) is 17.9 Å². The molecule has 3 nitrogen and oxygen atoms in total. The van der Waals surface area contributed by atoms with Crippen LogP contribution in [-0.4, -0.2) is 28.6 Å². The number of fused-ring (bicyclic) bond motifs is 4. The minimum atomic E-state index is -5.87. The Balaban J connectivity index is 1.58. The van der Waals surface area contributed by atoms with Gasteiger partial charge in [0.25, 0.3) is 0 Å². The number of alkyl halides is 5. The highest BCUT2D eigenvalue weighted by molar-refractivity contribution is 5.93. The van der Waals surface area contributed by atoms with Crippen molar-refractivity contribution in [1.82, 2.24) is 0 Å². The normalized spacial score (nSPS) is 31.8. The quantitative estimate of drug-likeness (QED) is 0.236. The van der Waals surface area contributed by atoms with E-state index in [1.54, 1.807) is 6.08 Å². The second-order valence-corrected chi connectivity index (χ2v) is 11.9. The summed E-state index contributed by atoms with van der Waals surface area (Å²) in [5, 5.41) is 20.0. The van der Waals surface area contributed by atoms with Crippen LogP contribution >= 0.6 is 0 Å². The molecule has 1 aromatic rings. The van der Waals surface area contributed by atoms with E-state index < -0.39 is 41.4 Å². The van der Waals surface area contributed by atoms with Crippen LogP contribution in [0.15, 0.2) is 47.1 Å². The minimum absolute atomic E-state index is 0.0461. The molecular weight excluding hydrogens is 525 g/mol. The van der Waals surface area contributed by atoms with Gasteiger partial charge in [-0.05, 0) is 91.7 Å². The van der Waals surface area contributed by atoms with Gasteiger partial charge in [0.15, 0.2) is 5.78 Å². The molecule has 0 aromatic heterocycles. The average Bonchev–Trinajstić information content (AvgIpc) is 3.19. The van der Waals surface area contributed by atoms with Crippen LogP contribution in [0.1, 0.15) is 88.2 Å². The van der Waals surface area contributed by atoms with Crippen molar-refractivity contribution >= 4 is 5.78 Å². The zero-order valence-electron chi connectivity index (χ0n) is 22.4. The highest BCUT2D eigenvalue weighted by Crippen LogP contribution is 2.70. The molecule has 0 spiro atoms. The fourth-order valence-electron chi connectivity index (χ4n) is 7.93. The van der Waals surface area contributed by atoms with Crippen LogP contribution in [0.25, 0.3) is 0 Å². The first-order valence-corrected chi connectivity index (χ1v) is 13.9. The molecule has 1 N–H and O–H groups in total. The zero-order valence-corrected chi connectivity index (χ0v) is 22.4. The van der Waals surface area contributed by atoms with Crippen LogP contribution in [0.4, 0.5) is 22.0 Å². The Bertz CT molecular complexity index is 1360. The summed E-state index contributed by atoms with van der Waals surface area (Å²) in [6.45, 7) is 1.43. The summed E-state index contributed by atoms with van der Waals surface area (Å²) in [4.78, 5) is 12.2. The third-order valence-electron chi connectivity index (χ3n) is 9.90. The molecule has 4 aliphatic carbocycles. The van der Waals surface area contributed by atoms with E-state index in [-0.39, 0.29) is 24.5 Å². The third kappa shape index (κ3) is 4.40. The van der Waals surface area contributed by atoms with Gasteiger partial charge in [0.05, 0.1) is 6.07 Å². The molecule has 2 fully saturated rings. The predicted molar refractivity (Wildman–Crippen MR) is 139 cm³/mol. The van der Waals surface area contributed by atoms with Gasteiger partial charge in [0.2, 0.25) is 0 Å². The number of carbonyl (C=O) groups is 1. The lowest BCUT2D eigenvalue weighted by atomic mass is 9.50. The minimum Gasteiger partial charge on any atom is -0.383 e. The van der Waals surface area contributed by atoms with Gasteiger partial charge in [0.1, 0.15) is 5.60 Å². The summed E-state index contributed by atoms with van der Waals surface area (Å²) in [7, 11) is 0. The number of benzene rings is 1. The van der Waals surface area contributed by atoms with Crippen molar-refractivity contribution in [1.29, 1.82) is 5.26 Å². The van der Waals surface area contributed by atoms with Crippen molar-refractivity contribution in [2.75, 3.05) is 0 Å². The van der Waals surface area contributed by atoms with E-state index >= 15 is 8.78 Å². The lowest BCUT2D eigenvalue weighted by Gasteiger charge is -2.56. The van der Waals surface area contributed by atoms with Crippen molar-refractivity contribution in [3.05, 3.63) is 58.2 Å². The number of halogens is 5. The van der Waals surface area contributed by atoms with E-state index in [9.17, 15) is 23.1 Å². The van der Waals surface area contributed by atoms with E-state index in [0.29, 0.717) is 44.9 Å². The first kappa shape index (κ1) is 28.6. The van der Waals surface area contributed by atoms with Gasteiger partial charge in [0, 0.05) is 36.2 Å². The van der Waals surface area contributed by atoms with Gasteiger partial charge < -0.3 is 5.11 Å². The number of hydrogen-bond donors (Lipinski definition) is 1. The zero-order chi connectivity index (χ0) is 28.9. The van der Waals surface area contributed by atoms with Crippen molar-refractivity contribution < 1.29 is 31.9 Å². The molecule has 0 heterocycles. The van der Waals surface area contributed by atoms with Crippen LogP contribution in [-0.2, 0) is 4.79 Å². The highest BCUT2D eigenvalue weighted by atomic mass is 19.4. The van der Waals surface area contributed by atoms with E-state index in [4.69, 9.17) is 5.26 Å². The van der Waals surface area contributed by atoms with Crippen molar-refractivity contribution in [2.24, 2.45) is 17.3 Å². The molecule has 4 aliphatic rings. The average molecular weight is 558 g/mol. The number of nitrogens with zero attached hydrogens (tertiary/aromatic N) is 1. The first-order chi connectivity index (χ1) is 18.8. The lowest BCUT2D eigenvalue weighted by Crippen LogP contribution is -2.65. The largest absolute Gasteiger partial charge is 0.456 e. The maximum absolute atomic E-state index is 15.1. The van der Waals surface area contributed by atoms with Crippen molar-refractivity contribution in [3.8, 4) is 17.9 Å². The molecule has 0 saturated heterocycles. The number of hydrogen-bond acceptors (Lipinski definition) is 3. The molecule has 40 heavy (non-hydrogen) atoms. The number of carbonyl (C=O) groups excluding carboxylic acids is 1. The summed E-state index contributed by atoms with van der Waals surface area (Å²) in [5.74, 6) is -0.364. The Morgan fingerprint density at radius 1 is 1.05 bits per heavy atom. The van der Waals surface area contributed by atoms with Gasteiger partial charge >= 0.3 is 12.1 Å². The van der Waals surface area contributed by atoms with E-state index in [1.807, 2.05) is 24.3 Å². The second kappa shape index (κ2) is 10.1. The Kier molecular flexibility index (Phi) is 7.24. The van der Waals surface area contributed by atoms with Crippen LogP contribution in [0.2, 0.25) is 0 Å². The summed E-state index contributed by atoms with van der Waals surface area (Å²) < 4.78 is 71.3. The number of rotatable bonds is 4. The van der Waals surface area contributed by atoms with Crippen LogP contribution in [0.3, 0.4) is 0 Å². The summed E-state index contributed by atoms with van der Waals surface area (Å²) in [5.41, 5.74) is -0.330. The van der Waals surface area contributed by atoms with Crippen molar-refractivity contribution in [3.63, 3.8) is 0 Å². The summed E-state index contributed by atoms with van der Waals surface area (Å²) >= 11 is 0. The Labute approximate surface area is 231 Å². The molecule has 5 atom stereocenters. The van der Waals surface area contributed by atoms with E-state index in [0.717, 1.165) is 27.8 Å². The number of nitriles is 1. The molecular formula is C32H32F5NO2. The monoisotopic (exact) mass is 557 g/mol. The fraction of sp³-hybridized carbons (Fsp3) is 0.562. The molecule has 0 aliphatic heterocycles. The van der Waals surface area contributed by atoms with Crippen LogP contribution in [0.5, 0.6) is 0 Å². The summed E-state index contributed by atoms with van der Waals surface area (Å²) in [6.07, 6.45) is -1.09. The Morgan fingerprint density at radius 2 is 1.77 bits per heavy atom. The van der Waals surface area contributed by atoms with Gasteiger partial charge in [-0.2, -0.15) is 27.2 Å². The van der Waals surface area contributed by atoms with Gasteiger partial charge in [-0.25, -0.2) is 0 Å². The smallest absolute Gasteiger partial charge is 0.383 e. The number of unbranched alkanes of at least 4 members (excludes halogenated alkanes) is 2. The Hall–Kier alpha value is -2.97. The van der Waals surface area contributed by atoms with E-state index in [1.165, 1.54) is 6.92 Å². The third-order valence-corrected chi connectivity index (χ3v) is 9.90. The number of allylic oxidation sites excluding steroid dienone is 4. The van der Waals surface area contributed by atoms with Gasteiger partial charge in [-0.15, -0.1) is 0 Å². The molecule has 8 heteroatoms. The maximum Gasteiger partial charge on any atom is 0.456 e. The standard InChI is InChI=1S/C32H32F5NO2/c1-29-19-26(21-9-7-20(8-10-21)6-4-2-3-5-17-38)28-24-14-12-23(39)18-22(24)11-13-25(28)27(29)15-16-30(29,40)31(33,34)32(35,36)37/h7-10,18,25-27,40H,2-3,5,11-16,19H2,1H3/t25?,26-,27?,29?,30?/m1/s1. The lowest BCUT2D eigenvalue weighted by molar-refractivity contribution is -0.362. The molecule has 0 bridgehead atoms. The molecule has 2 saturated carbocycles. The van der Waals surface area contributed by atoms with Crippen LogP contribution < -0.4 is 0 Å². The first-order valence-electron chi connectivity index (χ1n) is 13.9. The maximum atomic E-state index is 15.1. The molecule has 212 valence electrons. The molecule has 4 unspecified atom stereocenters.